The average molecular weight is 293 g/mol. The van der Waals surface area contributed by atoms with Gasteiger partial charge in [-0.3, -0.25) is 4.68 Å². The molecule has 116 valence electrons. The van der Waals surface area contributed by atoms with Crippen molar-refractivity contribution in [3.05, 3.63) is 12.0 Å². The van der Waals surface area contributed by atoms with Crippen LogP contribution in [0, 0.1) is 0 Å². The largest absolute Gasteiger partial charge is 0.389 e. The third-order valence-electron chi connectivity index (χ3n) is 3.30. The summed E-state index contributed by atoms with van der Waals surface area (Å²) in [6.45, 7) is 2.84. The Bertz CT molecular complexity index is 598. The molecule has 1 N–H and O–H groups in total. The summed E-state index contributed by atoms with van der Waals surface area (Å²) in [5.41, 5.74) is 0.816. The number of methoxy groups -OCH3 is 1. The van der Waals surface area contributed by atoms with Gasteiger partial charge >= 0.3 is 0 Å². The molecule has 0 aliphatic heterocycles. The molecule has 2 rings (SSSR count). The van der Waals surface area contributed by atoms with Gasteiger partial charge in [0.05, 0.1) is 24.3 Å². The lowest BCUT2D eigenvalue weighted by atomic mass is 10.3. The number of aromatic nitrogens is 4. The first kappa shape index (κ1) is 15.7. The lowest BCUT2D eigenvalue weighted by molar-refractivity contribution is 0.0694. The van der Waals surface area contributed by atoms with E-state index in [0.29, 0.717) is 13.2 Å². The molecule has 0 aliphatic carbocycles. The van der Waals surface area contributed by atoms with E-state index in [-0.39, 0.29) is 0 Å². The lowest BCUT2D eigenvalue weighted by Crippen LogP contribution is -2.32. The Morgan fingerprint density at radius 1 is 1.43 bits per heavy atom. The second-order valence-electron chi connectivity index (χ2n) is 5.21. The quantitative estimate of drug-likeness (QED) is 0.812. The van der Waals surface area contributed by atoms with Crippen LogP contribution in [0.4, 0.5) is 5.82 Å². The van der Waals surface area contributed by atoms with Gasteiger partial charge in [-0.05, 0) is 6.42 Å². The molecule has 1 atom stereocenters. The number of aryl methyl sites for hydroxylation is 2. The van der Waals surface area contributed by atoms with Crippen LogP contribution in [0.2, 0.25) is 0 Å². The molecular weight excluding hydrogens is 270 g/mol. The normalized spacial score (nSPS) is 12.8. The third kappa shape index (κ3) is 3.48. The van der Waals surface area contributed by atoms with E-state index in [9.17, 15) is 5.11 Å². The van der Waals surface area contributed by atoms with Gasteiger partial charge in [0, 0.05) is 34.2 Å². The minimum Gasteiger partial charge on any atom is -0.389 e. The maximum absolute atomic E-state index is 9.90. The third-order valence-corrected chi connectivity index (χ3v) is 3.30. The molecule has 0 amide bonds. The molecule has 21 heavy (non-hydrogen) atoms. The van der Waals surface area contributed by atoms with Crippen molar-refractivity contribution in [2.24, 2.45) is 7.05 Å². The predicted molar refractivity (Wildman–Crippen MR) is 81.5 cm³/mol. The van der Waals surface area contributed by atoms with E-state index in [2.05, 4.69) is 22.0 Å². The zero-order valence-corrected chi connectivity index (χ0v) is 13.1. The monoisotopic (exact) mass is 293 g/mol. The van der Waals surface area contributed by atoms with Crippen LogP contribution in [0.25, 0.3) is 11.0 Å². The van der Waals surface area contributed by atoms with Crippen LogP contribution in [0.3, 0.4) is 0 Å². The SMILES string of the molecule is CCCc1nc(N(C)C[C@@H](O)COC)c2cnn(C)c2n1. The topological polar surface area (TPSA) is 76.3 Å². The number of fused-ring (bicyclic) bond motifs is 1. The molecule has 0 saturated heterocycles. The zero-order valence-electron chi connectivity index (χ0n) is 13.1. The molecule has 0 unspecified atom stereocenters. The van der Waals surface area contributed by atoms with Gasteiger partial charge in [-0.1, -0.05) is 6.92 Å². The van der Waals surface area contributed by atoms with Gasteiger partial charge in [-0.25, -0.2) is 9.97 Å². The van der Waals surface area contributed by atoms with Gasteiger partial charge in [0.15, 0.2) is 5.65 Å². The highest BCUT2D eigenvalue weighted by Gasteiger charge is 2.16. The highest BCUT2D eigenvalue weighted by atomic mass is 16.5. The van der Waals surface area contributed by atoms with Gasteiger partial charge in [-0.2, -0.15) is 5.10 Å². The van der Waals surface area contributed by atoms with Crippen LogP contribution in [-0.4, -0.2) is 58.3 Å². The van der Waals surface area contributed by atoms with E-state index >= 15 is 0 Å². The van der Waals surface area contributed by atoms with Crippen molar-refractivity contribution >= 4 is 16.9 Å². The van der Waals surface area contributed by atoms with Gasteiger partial charge in [-0.15, -0.1) is 0 Å². The number of aliphatic hydroxyl groups is 1. The minimum atomic E-state index is -0.559. The summed E-state index contributed by atoms with van der Waals surface area (Å²) in [6, 6.07) is 0. The fourth-order valence-electron chi connectivity index (χ4n) is 2.33. The molecule has 2 aromatic rings. The molecule has 0 saturated carbocycles. The van der Waals surface area contributed by atoms with Gasteiger partial charge in [0.1, 0.15) is 11.6 Å². The number of rotatable bonds is 7. The smallest absolute Gasteiger partial charge is 0.163 e. The maximum atomic E-state index is 9.90. The minimum absolute atomic E-state index is 0.299. The van der Waals surface area contributed by atoms with Crippen LogP contribution in [0.5, 0.6) is 0 Å². The maximum Gasteiger partial charge on any atom is 0.163 e. The summed E-state index contributed by atoms with van der Waals surface area (Å²) >= 11 is 0. The number of anilines is 1. The number of aliphatic hydroxyl groups excluding tert-OH is 1. The molecule has 7 nitrogen and oxygen atoms in total. The number of likely N-dealkylation sites (N-methyl/N-ethyl adjacent to an activating group) is 1. The second kappa shape index (κ2) is 6.82. The lowest BCUT2D eigenvalue weighted by Gasteiger charge is -2.22. The Balaban J connectivity index is 2.36. The number of hydrogen-bond acceptors (Lipinski definition) is 6. The van der Waals surface area contributed by atoms with Gasteiger partial charge in [0.2, 0.25) is 0 Å². The first-order chi connectivity index (χ1) is 10.1. The van der Waals surface area contributed by atoms with Crippen LogP contribution in [0.15, 0.2) is 6.20 Å². The fourth-order valence-corrected chi connectivity index (χ4v) is 2.33. The molecule has 0 fully saturated rings. The zero-order chi connectivity index (χ0) is 15.4. The van der Waals surface area contributed by atoms with E-state index < -0.39 is 6.10 Å². The highest BCUT2D eigenvalue weighted by molar-refractivity contribution is 5.86. The van der Waals surface area contributed by atoms with Gasteiger partial charge in [0.25, 0.3) is 0 Å². The Hall–Kier alpha value is -1.73. The summed E-state index contributed by atoms with van der Waals surface area (Å²) in [6.07, 6.45) is 3.01. The first-order valence-corrected chi connectivity index (χ1v) is 7.13. The van der Waals surface area contributed by atoms with E-state index in [0.717, 1.165) is 35.5 Å². The number of hydrogen-bond donors (Lipinski definition) is 1. The Morgan fingerprint density at radius 2 is 2.19 bits per heavy atom. The van der Waals surface area contributed by atoms with Crippen molar-refractivity contribution in [1.29, 1.82) is 0 Å². The average Bonchev–Trinajstić information content (AvgIpc) is 2.80. The molecule has 2 heterocycles. The first-order valence-electron chi connectivity index (χ1n) is 7.13. The van der Waals surface area contributed by atoms with Crippen molar-refractivity contribution < 1.29 is 9.84 Å². The molecule has 2 aromatic heterocycles. The predicted octanol–water partition coefficient (Wildman–Crippen LogP) is 0.759. The van der Waals surface area contributed by atoms with E-state index in [4.69, 9.17) is 4.74 Å². The van der Waals surface area contributed by atoms with Crippen LogP contribution < -0.4 is 4.90 Å². The second-order valence-corrected chi connectivity index (χ2v) is 5.21. The van der Waals surface area contributed by atoms with Crippen LogP contribution >= 0.6 is 0 Å². The van der Waals surface area contributed by atoms with Crippen LogP contribution in [-0.2, 0) is 18.2 Å². The van der Waals surface area contributed by atoms with Crippen molar-refractivity contribution in [2.45, 2.75) is 25.9 Å². The molecule has 0 spiro atoms. The van der Waals surface area contributed by atoms with Crippen molar-refractivity contribution in [2.75, 3.05) is 32.2 Å². The van der Waals surface area contributed by atoms with E-state index in [1.54, 1.807) is 18.0 Å². The molecule has 0 aliphatic rings. The molecule has 7 heteroatoms. The van der Waals surface area contributed by atoms with Crippen LogP contribution in [0.1, 0.15) is 19.2 Å². The Kier molecular flexibility index (Phi) is 5.08. The highest BCUT2D eigenvalue weighted by Crippen LogP contribution is 2.23. The van der Waals surface area contributed by atoms with E-state index in [1.165, 1.54) is 0 Å². The Morgan fingerprint density at radius 3 is 2.86 bits per heavy atom. The molecule has 0 bridgehead atoms. The molecule has 0 radical (unpaired) electrons. The standard InChI is InChI=1S/C14H23N5O2/c1-5-6-12-16-13(18(2)8-10(20)9-21-4)11-7-15-19(3)14(11)17-12/h7,10,20H,5-6,8-9H2,1-4H3/t10-/m1/s1. The van der Waals surface area contributed by atoms with Crippen molar-refractivity contribution in [1.82, 2.24) is 19.7 Å². The number of ether oxygens (including phenoxy) is 1. The summed E-state index contributed by atoms with van der Waals surface area (Å²) in [4.78, 5) is 11.1. The van der Waals surface area contributed by atoms with Gasteiger partial charge < -0.3 is 14.7 Å². The summed E-state index contributed by atoms with van der Waals surface area (Å²) < 4.78 is 6.72. The van der Waals surface area contributed by atoms with E-state index in [1.807, 2.05) is 19.0 Å². The summed E-state index contributed by atoms with van der Waals surface area (Å²) in [5.74, 6) is 1.60. The number of nitrogens with zero attached hydrogens (tertiary/aromatic N) is 5. The fraction of sp³-hybridized carbons (Fsp3) is 0.643. The summed E-state index contributed by atoms with van der Waals surface area (Å²) in [5, 5.41) is 15.0. The van der Waals surface area contributed by atoms with Crippen molar-refractivity contribution in [3.8, 4) is 0 Å². The molecular formula is C14H23N5O2. The van der Waals surface area contributed by atoms with Crippen molar-refractivity contribution in [3.63, 3.8) is 0 Å². The Labute approximate surface area is 124 Å². The summed E-state index contributed by atoms with van der Waals surface area (Å²) in [7, 11) is 5.35. The molecule has 0 aromatic carbocycles.